The molecule has 2 heterocycles. The maximum atomic E-state index is 11.0. The molecular formula is C25H28N4O4. The number of hydrogen-bond acceptors (Lipinski definition) is 7. The summed E-state index contributed by atoms with van der Waals surface area (Å²) >= 11 is 0. The summed E-state index contributed by atoms with van der Waals surface area (Å²) in [6.07, 6.45) is 1.81. The number of nitrogens with one attached hydrogen (secondary N) is 1. The van der Waals surface area contributed by atoms with Crippen LogP contribution in [-0.2, 0) is 13.1 Å². The number of nitrogens with zero attached hydrogens (tertiary/aromatic N) is 3. The molecule has 0 spiro atoms. The van der Waals surface area contributed by atoms with Crippen LogP contribution in [0.15, 0.2) is 60.8 Å². The van der Waals surface area contributed by atoms with E-state index in [1.54, 1.807) is 31.4 Å². The molecule has 8 nitrogen and oxygen atoms in total. The van der Waals surface area contributed by atoms with Gasteiger partial charge < -0.3 is 25.2 Å². The second kappa shape index (κ2) is 10.2. The highest BCUT2D eigenvalue weighted by atomic mass is 16.5. The number of pyridine rings is 1. The molecular weight excluding hydrogens is 420 g/mol. The van der Waals surface area contributed by atoms with Crippen molar-refractivity contribution in [1.82, 2.24) is 9.88 Å². The summed E-state index contributed by atoms with van der Waals surface area (Å²) in [4.78, 5) is 20.0. The van der Waals surface area contributed by atoms with Crippen LogP contribution in [0.2, 0.25) is 0 Å². The van der Waals surface area contributed by atoms with E-state index in [1.165, 1.54) is 0 Å². The van der Waals surface area contributed by atoms with Crippen LogP contribution in [0.25, 0.3) is 0 Å². The fourth-order valence-electron chi connectivity index (χ4n) is 3.96. The molecule has 1 fully saturated rings. The van der Waals surface area contributed by atoms with Gasteiger partial charge in [-0.2, -0.15) is 0 Å². The number of aromatic carboxylic acids is 1. The van der Waals surface area contributed by atoms with Gasteiger partial charge >= 0.3 is 5.97 Å². The Kier molecular flexibility index (Phi) is 6.95. The summed E-state index contributed by atoms with van der Waals surface area (Å²) in [5, 5.41) is 23.0. The Bertz CT molecular complexity index is 1080. The smallest absolute Gasteiger partial charge is 0.335 e. The Hall–Kier alpha value is -3.78. The minimum atomic E-state index is -0.949. The minimum Gasteiger partial charge on any atom is -0.504 e. The fraction of sp³-hybridized carbons (Fsp3) is 0.280. The van der Waals surface area contributed by atoms with E-state index in [-0.39, 0.29) is 11.3 Å². The monoisotopic (exact) mass is 448 g/mol. The number of carboxylic acids is 1. The number of aromatic nitrogens is 1. The number of benzene rings is 2. The van der Waals surface area contributed by atoms with Gasteiger partial charge in [0.05, 0.1) is 12.7 Å². The number of rotatable bonds is 8. The lowest BCUT2D eigenvalue weighted by Gasteiger charge is -2.35. The van der Waals surface area contributed by atoms with Crippen molar-refractivity contribution in [3.05, 3.63) is 77.5 Å². The lowest BCUT2D eigenvalue weighted by molar-refractivity contribution is 0.0697. The average Bonchev–Trinajstić information content (AvgIpc) is 2.85. The number of hydrogen-bond donors (Lipinski definition) is 3. The van der Waals surface area contributed by atoms with Crippen molar-refractivity contribution in [3.63, 3.8) is 0 Å². The van der Waals surface area contributed by atoms with E-state index >= 15 is 0 Å². The van der Waals surface area contributed by atoms with Gasteiger partial charge in [0.25, 0.3) is 0 Å². The SMILES string of the molecule is COc1cc(CNc2ccc(C(=O)O)cc2)cc(CN2CCN(c3ccccn3)CC2)c1O. The van der Waals surface area contributed by atoms with Gasteiger partial charge in [-0.1, -0.05) is 6.07 Å². The first-order valence-electron chi connectivity index (χ1n) is 10.9. The van der Waals surface area contributed by atoms with Crippen molar-refractivity contribution in [2.45, 2.75) is 13.1 Å². The Morgan fingerprint density at radius 2 is 1.85 bits per heavy atom. The normalized spacial score (nSPS) is 14.2. The van der Waals surface area contributed by atoms with Crippen LogP contribution in [0.5, 0.6) is 11.5 Å². The third-order valence-electron chi connectivity index (χ3n) is 5.80. The number of aromatic hydroxyl groups is 1. The number of phenolic OH excluding ortho intramolecular Hbond substituents is 1. The second-order valence-electron chi connectivity index (χ2n) is 7.99. The highest BCUT2D eigenvalue weighted by Crippen LogP contribution is 2.33. The number of phenols is 1. The van der Waals surface area contributed by atoms with Gasteiger partial charge in [0.2, 0.25) is 0 Å². The predicted molar refractivity (Wildman–Crippen MR) is 127 cm³/mol. The fourth-order valence-corrected chi connectivity index (χ4v) is 3.96. The second-order valence-corrected chi connectivity index (χ2v) is 7.99. The first kappa shape index (κ1) is 22.4. The van der Waals surface area contributed by atoms with E-state index in [0.29, 0.717) is 18.8 Å². The van der Waals surface area contributed by atoms with Crippen LogP contribution in [-0.4, -0.2) is 59.4 Å². The summed E-state index contributed by atoms with van der Waals surface area (Å²) in [6.45, 7) is 4.64. The van der Waals surface area contributed by atoms with Gasteiger partial charge in [-0.3, -0.25) is 4.90 Å². The van der Waals surface area contributed by atoms with E-state index in [2.05, 4.69) is 20.1 Å². The molecule has 172 valence electrons. The molecule has 3 N–H and O–H groups in total. The lowest BCUT2D eigenvalue weighted by atomic mass is 10.1. The van der Waals surface area contributed by atoms with Gasteiger partial charge in [0, 0.05) is 56.7 Å². The first-order valence-corrected chi connectivity index (χ1v) is 10.9. The number of anilines is 2. The summed E-state index contributed by atoms with van der Waals surface area (Å²) in [5.41, 5.74) is 2.85. The molecule has 0 atom stereocenters. The molecule has 1 aromatic heterocycles. The quantitative estimate of drug-likeness (QED) is 0.482. The molecule has 0 bridgehead atoms. The molecule has 1 saturated heterocycles. The predicted octanol–water partition coefficient (Wildman–Crippen LogP) is 3.43. The van der Waals surface area contributed by atoms with Crippen LogP contribution >= 0.6 is 0 Å². The maximum Gasteiger partial charge on any atom is 0.335 e. The number of piperazine rings is 1. The Labute approximate surface area is 193 Å². The van der Waals surface area contributed by atoms with E-state index < -0.39 is 5.97 Å². The molecule has 0 saturated carbocycles. The van der Waals surface area contributed by atoms with Gasteiger partial charge in [-0.05, 0) is 54.1 Å². The summed E-state index contributed by atoms with van der Waals surface area (Å²) in [7, 11) is 1.55. The van der Waals surface area contributed by atoms with E-state index in [0.717, 1.165) is 48.8 Å². The molecule has 3 aromatic rings. The van der Waals surface area contributed by atoms with E-state index in [4.69, 9.17) is 9.84 Å². The summed E-state index contributed by atoms with van der Waals surface area (Å²) in [5.74, 6) is 0.651. The molecule has 8 heteroatoms. The van der Waals surface area contributed by atoms with Gasteiger partial charge in [0.15, 0.2) is 11.5 Å². The molecule has 2 aromatic carbocycles. The highest BCUT2D eigenvalue weighted by molar-refractivity contribution is 5.88. The maximum absolute atomic E-state index is 11.0. The van der Waals surface area contributed by atoms with Crippen molar-refractivity contribution in [2.24, 2.45) is 0 Å². The van der Waals surface area contributed by atoms with Gasteiger partial charge in [-0.25, -0.2) is 9.78 Å². The lowest BCUT2D eigenvalue weighted by Crippen LogP contribution is -2.46. The van der Waals surface area contributed by atoms with Gasteiger partial charge in [-0.15, -0.1) is 0 Å². The Morgan fingerprint density at radius 3 is 2.48 bits per heavy atom. The van der Waals surface area contributed by atoms with Crippen molar-refractivity contribution in [2.75, 3.05) is 43.5 Å². The number of ether oxygens (including phenoxy) is 1. The third-order valence-corrected chi connectivity index (χ3v) is 5.80. The topological polar surface area (TPSA) is 98.2 Å². The highest BCUT2D eigenvalue weighted by Gasteiger charge is 2.20. The van der Waals surface area contributed by atoms with Crippen molar-refractivity contribution in [3.8, 4) is 11.5 Å². The average molecular weight is 449 g/mol. The minimum absolute atomic E-state index is 0.166. The van der Waals surface area contributed by atoms with Crippen molar-refractivity contribution >= 4 is 17.5 Å². The van der Waals surface area contributed by atoms with Crippen LogP contribution in [0, 0.1) is 0 Å². The van der Waals surface area contributed by atoms with Crippen molar-refractivity contribution < 1.29 is 19.7 Å². The molecule has 1 aliphatic heterocycles. The number of methoxy groups -OCH3 is 1. The molecule has 33 heavy (non-hydrogen) atoms. The molecule has 0 unspecified atom stereocenters. The zero-order valence-electron chi connectivity index (χ0n) is 18.6. The molecule has 1 aliphatic rings. The van der Waals surface area contributed by atoms with Crippen LogP contribution in [0.4, 0.5) is 11.5 Å². The molecule has 0 radical (unpaired) electrons. The molecule has 0 aliphatic carbocycles. The summed E-state index contributed by atoms with van der Waals surface area (Å²) < 4.78 is 5.41. The zero-order chi connectivity index (χ0) is 23.2. The zero-order valence-corrected chi connectivity index (χ0v) is 18.6. The summed E-state index contributed by atoms with van der Waals surface area (Å²) in [6, 6.07) is 16.4. The standard InChI is InChI=1S/C25H28N4O4/c1-33-22-15-18(16-27-21-7-5-19(6-8-21)25(31)32)14-20(24(22)30)17-28-10-12-29(13-11-28)23-4-2-3-9-26-23/h2-9,14-15,27,30H,10-13,16-17H2,1H3,(H,31,32). The number of carboxylic acid groups (broad SMARTS) is 1. The van der Waals surface area contributed by atoms with Gasteiger partial charge in [0.1, 0.15) is 5.82 Å². The van der Waals surface area contributed by atoms with Crippen LogP contribution < -0.4 is 15.0 Å². The van der Waals surface area contributed by atoms with Crippen LogP contribution in [0.1, 0.15) is 21.5 Å². The first-order chi connectivity index (χ1) is 16.0. The largest absolute Gasteiger partial charge is 0.504 e. The third kappa shape index (κ3) is 5.53. The van der Waals surface area contributed by atoms with E-state index in [1.807, 2.05) is 36.5 Å². The molecule has 0 amide bonds. The molecule has 4 rings (SSSR count). The Balaban J connectivity index is 1.40. The Morgan fingerprint density at radius 1 is 1.09 bits per heavy atom. The van der Waals surface area contributed by atoms with E-state index in [9.17, 15) is 9.90 Å². The van der Waals surface area contributed by atoms with Crippen molar-refractivity contribution in [1.29, 1.82) is 0 Å². The van der Waals surface area contributed by atoms with Crippen LogP contribution in [0.3, 0.4) is 0 Å². The number of carbonyl (C=O) groups is 1.